The third-order valence-electron chi connectivity index (χ3n) is 4.83. The third-order valence-corrected chi connectivity index (χ3v) is 5.77. The Morgan fingerprint density at radius 2 is 1.97 bits per heavy atom. The maximum absolute atomic E-state index is 9.82. The Kier molecular flexibility index (Phi) is 3.93. The van der Waals surface area contributed by atoms with Crippen LogP contribution in [0.15, 0.2) is 66.0 Å². The Balaban J connectivity index is 1.83. The number of nitrogens with zero attached hydrogens (tertiary/aromatic N) is 5. The van der Waals surface area contributed by atoms with E-state index in [0.717, 1.165) is 21.6 Å². The summed E-state index contributed by atoms with van der Waals surface area (Å²) in [6, 6.07) is 20.9. The summed E-state index contributed by atoms with van der Waals surface area (Å²) in [6.45, 7) is 0. The highest BCUT2D eigenvalue weighted by molar-refractivity contribution is 7.14. The van der Waals surface area contributed by atoms with Gasteiger partial charge in [0.05, 0.1) is 21.8 Å². The lowest BCUT2D eigenvalue weighted by Crippen LogP contribution is -2.10. The number of thiophene rings is 1. The summed E-state index contributed by atoms with van der Waals surface area (Å²) in [5.74, 6) is 0.600. The Morgan fingerprint density at radius 1 is 1.10 bits per heavy atom. The number of phenols is 1. The topological polar surface area (TPSA) is 77.5 Å². The Morgan fingerprint density at radius 3 is 2.72 bits per heavy atom. The minimum Gasteiger partial charge on any atom is -0.508 e. The van der Waals surface area contributed by atoms with Crippen LogP contribution < -0.4 is 4.90 Å². The average molecular weight is 397 g/mol. The molecular formula is C22H15N5OS. The standard InChI is InChI=1S/C22H15N5OS/c1-26(19-9-4-10-29-19)18-8-3-5-14-11-16(13-23)22-24-21(25-27(22)20(14)18)15-6-2-7-17(28)12-15/h2-12,28H,1H3. The lowest BCUT2D eigenvalue weighted by atomic mass is 10.1. The Hall–Kier alpha value is -3.89. The van der Waals surface area contributed by atoms with Gasteiger partial charge in [-0.3, -0.25) is 0 Å². The SMILES string of the molecule is CN(c1cccs1)c1cccc2cc(C#N)c3nc(-c4cccc(O)c4)nn3c12. The summed E-state index contributed by atoms with van der Waals surface area (Å²) >= 11 is 1.65. The first-order valence-electron chi connectivity index (χ1n) is 8.95. The first-order chi connectivity index (χ1) is 14.2. The molecule has 0 atom stereocenters. The maximum Gasteiger partial charge on any atom is 0.182 e. The number of hydrogen-bond donors (Lipinski definition) is 1. The van der Waals surface area contributed by atoms with Crippen LogP contribution in [0.25, 0.3) is 27.9 Å². The molecule has 5 rings (SSSR count). The quantitative estimate of drug-likeness (QED) is 0.466. The summed E-state index contributed by atoms with van der Waals surface area (Å²) < 4.78 is 1.73. The molecule has 0 aliphatic carbocycles. The van der Waals surface area contributed by atoms with E-state index in [1.54, 1.807) is 34.1 Å². The fraction of sp³-hybridized carbons (Fsp3) is 0.0455. The Labute approximate surface area is 170 Å². The molecule has 0 saturated heterocycles. The van der Waals surface area contributed by atoms with E-state index in [4.69, 9.17) is 5.10 Å². The van der Waals surface area contributed by atoms with Crippen LogP contribution in [0, 0.1) is 11.3 Å². The van der Waals surface area contributed by atoms with E-state index in [1.165, 1.54) is 0 Å². The summed E-state index contributed by atoms with van der Waals surface area (Å²) in [4.78, 5) is 6.72. The van der Waals surface area contributed by atoms with E-state index < -0.39 is 0 Å². The molecule has 0 saturated carbocycles. The fourth-order valence-corrected chi connectivity index (χ4v) is 4.17. The number of rotatable bonds is 3. The van der Waals surface area contributed by atoms with Gasteiger partial charge in [0.2, 0.25) is 0 Å². The number of aromatic hydroxyl groups is 1. The van der Waals surface area contributed by atoms with E-state index in [1.807, 2.05) is 48.8 Å². The van der Waals surface area contributed by atoms with Crippen molar-refractivity contribution >= 4 is 38.6 Å². The molecule has 0 bridgehead atoms. The van der Waals surface area contributed by atoms with Crippen molar-refractivity contribution in [1.82, 2.24) is 14.6 Å². The van der Waals surface area contributed by atoms with Crippen LogP contribution in [0.4, 0.5) is 10.7 Å². The van der Waals surface area contributed by atoms with Crippen LogP contribution in [0.3, 0.4) is 0 Å². The van der Waals surface area contributed by atoms with Crippen molar-refractivity contribution in [3.63, 3.8) is 0 Å². The number of benzene rings is 2. The van der Waals surface area contributed by atoms with Gasteiger partial charge in [-0.05, 0) is 41.8 Å². The molecule has 0 aliphatic rings. The van der Waals surface area contributed by atoms with E-state index in [0.29, 0.717) is 22.6 Å². The van der Waals surface area contributed by atoms with Gasteiger partial charge >= 0.3 is 0 Å². The van der Waals surface area contributed by atoms with Gasteiger partial charge in [-0.15, -0.1) is 16.4 Å². The molecule has 7 heteroatoms. The number of hydrogen-bond acceptors (Lipinski definition) is 6. The predicted molar refractivity (Wildman–Crippen MR) is 115 cm³/mol. The monoisotopic (exact) mass is 397 g/mol. The summed E-state index contributed by atoms with van der Waals surface area (Å²) in [7, 11) is 2.01. The molecule has 3 heterocycles. The minimum atomic E-state index is 0.143. The van der Waals surface area contributed by atoms with Crippen molar-refractivity contribution in [2.75, 3.05) is 11.9 Å². The molecule has 140 valence electrons. The molecule has 6 nitrogen and oxygen atoms in total. The van der Waals surface area contributed by atoms with Gasteiger partial charge < -0.3 is 10.0 Å². The van der Waals surface area contributed by atoms with Crippen molar-refractivity contribution < 1.29 is 5.11 Å². The first kappa shape index (κ1) is 17.2. The summed E-state index contributed by atoms with van der Waals surface area (Å²) in [6.07, 6.45) is 0. The summed E-state index contributed by atoms with van der Waals surface area (Å²) in [5.41, 5.74) is 3.47. The maximum atomic E-state index is 9.82. The largest absolute Gasteiger partial charge is 0.508 e. The van der Waals surface area contributed by atoms with Crippen molar-refractivity contribution in [1.29, 1.82) is 5.26 Å². The van der Waals surface area contributed by atoms with Crippen molar-refractivity contribution in [3.8, 4) is 23.2 Å². The lowest BCUT2D eigenvalue weighted by molar-refractivity contribution is 0.475. The predicted octanol–water partition coefficient (Wildman–Crippen LogP) is 4.96. The molecule has 0 spiro atoms. The Bertz CT molecular complexity index is 1400. The third kappa shape index (κ3) is 2.78. The number of pyridine rings is 1. The zero-order valence-corrected chi connectivity index (χ0v) is 16.3. The van der Waals surface area contributed by atoms with Crippen molar-refractivity contribution in [2.45, 2.75) is 0 Å². The highest BCUT2D eigenvalue weighted by atomic mass is 32.1. The number of phenolic OH excluding ortho intramolecular Hbond substituents is 1. The molecule has 0 amide bonds. The number of nitriles is 1. The zero-order valence-electron chi connectivity index (χ0n) is 15.4. The molecule has 3 aromatic heterocycles. The molecule has 29 heavy (non-hydrogen) atoms. The second-order valence-corrected chi connectivity index (χ2v) is 7.54. The highest BCUT2D eigenvalue weighted by Gasteiger charge is 2.18. The van der Waals surface area contributed by atoms with Crippen molar-refractivity contribution in [3.05, 3.63) is 71.6 Å². The second-order valence-electron chi connectivity index (χ2n) is 6.62. The van der Waals surface area contributed by atoms with Crippen LogP contribution in [0.1, 0.15) is 5.56 Å². The van der Waals surface area contributed by atoms with E-state index in [9.17, 15) is 10.4 Å². The van der Waals surface area contributed by atoms with Crippen molar-refractivity contribution in [2.24, 2.45) is 0 Å². The number of para-hydroxylation sites is 1. The zero-order chi connectivity index (χ0) is 20.0. The van der Waals surface area contributed by atoms with Crippen LogP contribution in [-0.2, 0) is 0 Å². The van der Waals surface area contributed by atoms with E-state index >= 15 is 0 Å². The van der Waals surface area contributed by atoms with Gasteiger partial charge in [-0.25, -0.2) is 9.50 Å². The van der Waals surface area contributed by atoms with Gasteiger partial charge in [0.1, 0.15) is 11.8 Å². The van der Waals surface area contributed by atoms with E-state index in [-0.39, 0.29) is 5.75 Å². The van der Waals surface area contributed by atoms with Crippen LogP contribution in [0.5, 0.6) is 5.75 Å². The first-order valence-corrected chi connectivity index (χ1v) is 9.83. The molecule has 0 aliphatic heterocycles. The van der Waals surface area contributed by atoms with Gasteiger partial charge in [0, 0.05) is 18.0 Å². The second kappa shape index (κ2) is 6.62. The van der Waals surface area contributed by atoms with Gasteiger partial charge in [0.25, 0.3) is 0 Å². The van der Waals surface area contributed by atoms with Crippen LogP contribution in [0.2, 0.25) is 0 Å². The molecule has 2 aromatic carbocycles. The highest BCUT2D eigenvalue weighted by Crippen LogP contribution is 2.35. The van der Waals surface area contributed by atoms with Crippen LogP contribution >= 0.6 is 11.3 Å². The molecule has 1 N–H and O–H groups in total. The molecule has 5 aromatic rings. The number of aromatic nitrogens is 3. The lowest BCUT2D eigenvalue weighted by Gasteiger charge is -2.19. The number of fused-ring (bicyclic) bond motifs is 3. The molecule has 0 radical (unpaired) electrons. The minimum absolute atomic E-state index is 0.143. The summed E-state index contributed by atoms with van der Waals surface area (Å²) in [5, 5.41) is 28.2. The van der Waals surface area contributed by atoms with Gasteiger partial charge in [0.15, 0.2) is 11.5 Å². The van der Waals surface area contributed by atoms with E-state index in [2.05, 4.69) is 22.0 Å². The molecule has 0 fully saturated rings. The smallest absolute Gasteiger partial charge is 0.182 e. The van der Waals surface area contributed by atoms with Gasteiger partial charge in [-0.1, -0.05) is 24.3 Å². The fourth-order valence-electron chi connectivity index (χ4n) is 3.46. The average Bonchev–Trinajstić information content (AvgIpc) is 3.42. The normalized spacial score (nSPS) is 11.0. The van der Waals surface area contributed by atoms with Crippen LogP contribution in [-0.4, -0.2) is 26.8 Å². The van der Waals surface area contributed by atoms with Gasteiger partial charge in [-0.2, -0.15) is 5.26 Å². The molecule has 0 unspecified atom stereocenters. The molecular weight excluding hydrogens is 382 g/mol. The number of anilines is 2.